The van der Waals surface area contributed by atoms with Crippen molar-refractivity contribution in [2.24, 2.45) is 0 Å². The van der Waals surface area contributed by atoms with Gasteiger partial charge in [0.25, 0.3) is 5.91 Å². The maximum absolute atomic E-state index is 13.6. The van der Waals surface area contributed by atoms with Gasteiger partial charge in [-0.3, -0.25) is 14.4 Å². The number of carboxylic acid groups (broad SMARTS) is 1. The van der Waals surface area contributed by atoms with Gasteiger partial charge < -0.3 is 25.0 Å². The highest BCUT2D eigenvalue weighted by molar-refractivity contribution is 7.18. The summed E-state index contributed by atoms with van der Waals surface area (Å²) in [5.74, 6) is -2.01. The average molecular weight is 579 g/mol. The molecule has 0 bridgehead atoms. The van der Waals surface area contributed by atoms with Crippen molar-refractivity contribution >= 4 is 35.2 Å². The van der Waals surface area contributed by atoms with Crippen LogP contribution >= 0.6 is 11.3 Å². The highest BCUT2D eigenvalue weighted by Crippen LogP contribution is 2.35. The second kappa shape index (κ2) is 14.4. The largest absolute Gasteiger partial charge is 0.481 e. The lowest BCUT2D eigenvalue weighted by Crippen LogP contribution is -2.56. The minimum Gasteiger partial charge on any atom is -0.481 e. The van der Waals surface area contributed by atoms with E-state index in [9.17, 15) is 24.3 Å². The van der Waals surface area contributed by atoms with Crippen molar-refractivity contribution in [1.29, 1.82) is 0 Å². The van der Waals surface area contributed by atoms with Gasteiger partial charge in [0.2, 0.25) is 5.91 Å². The van der Waals surface area contributed by atoms with Gasteiger partial charge >= 0.3 is 12.1 Å². The lowest BCUT2D eigenvalue weighted by molar-refractivity contribution is -0.138. The van der Waals surface area contributed by atoms with E-state index >= 15 is 0 Å². The molecule has 216 valence electrons. The van der Waals surface area contributed by atoms with E-state index in [1.165, 1.54) is 11.3 Å². The van der Waals surface area contributed by atoms with Crippen LogP contribution in [-0.2, 0) is 14.3 Å². The second-order valence-electron chi connectivity index (χ2n) is 9.67. The molecule has 3 amide bonds. The molecule has 4 rings (SSSR count). The normalized spacial score (nSPS) is 13.9. The molecular weight excluding hydrogens is 544 g/mol. The van der Waals surface area contributed by atoms with Crippen LogP contribution in [0.2, 0.25) is 0 Å². The van der Waals surface area contributed by atoms with Crippen molar-refractivity contribution in [3.8, 4) is 21.0 Å². The van der Waals surface area contributed by atoms with E-state index in [0.29, 0.717) is 29.6 Å². The number of piperazine rings is 1. The van der Waals surface area contributed by atoms with E-state index in [0.717, 1.165) is 24.0 Å². The summed E-state index contributed by atoms with van der Waals surface area (Å²) in [6.45, 7) is 3.46. The molecule has 0 aliphatic carbocycles. The van der Waals surface area contributed by atoms with Crippen LogP contribution in [0.3, 0.4) is 0 Å². The van der Waals surface area contributed by atoms with Gasteiger partial charge in [0, 0.05) is 38.2 Å². The predicted octanol–water partition coefficient (Wildman–Crippen LogP) is 4.52. The number of ether oxygens (including phenoxy) is 1. The molecule has 1 unspecified atom stereocenters. The number of hydrogen-bond donors (Lipinski definition) is 2. The highest BCUT2D eigenvalue weighted by Gasteiger charge is 2.32. The van der Waals surface area contributed by atoms with Crippen molar-refractivity contribution in [2.75, 3.05) is 32.8 Å². The molecule has 0 radical (unpaired) electrons. The number of unbranched alkanes of at least 4 members (excludes halogenated alkanes) is 1. The molecule has 2 aromatic carbocycles. The van der Waals surface area contributed by atoms with Crippen LogP contribution in [0.15, 0.2) is 60.7 Å². The van der Waals surface area contributed by atoms with Crippen molar-refractivity contribution in [2.45, 2.75) is 38.6 Å². The second-order valence-corrected chi connectivity index (χ2v) is 10.7. The Bertz CT molecular complexity index is 1340. The zero-order valence-corrected chi connectivity index (χ0v) is 23.8. The zero-order chi connectivity index (χ0) is 29.2. The lowest BCUT2D eigenvalue weighted by Gasteiger charge is -2.36. The number of nitrogens with zero attached hydrogens (tertiary/aromatic N) is 3. The molecule has 3 aromatic rings. The standard InChI is InChI=1S/C30H34N4O6S/c1-2-3-20-40-30(39)34-18-16-33(17-19-34)29(38)23(14-15-24(35)36)31-27(37)25-26(21-10-6-4-7-11-21)41-28(32-25)22-12-8-5-9-13-22/h4-13,23H,2-3,14-20H2,1H3,(H,31,37)(H,35,36). The third-order valence-corrected chi connectivity index (χ3v) is 7.88. The number of benzene rings is 2. The fraction of sp³-hybridized carbons (Fsp3) is 0.367. The molecule has 0 spiro atoms. The van der Waals surface area contributed by atoms with Crippen molar-refractivity contribution in [1.82, 2.24) is 20.1 Å². The number of carbonyl (C=O) groups is 4. The van der Waals surface area contributed by atoms with Crippen molar-refractivity contribution in [3.63, 3.8) is 0 Å². The molecule has 1 aromatic heterocycles. The molecule has 0 saturated carbocycles. The number of hydrogen-bond acceptors (Lipinski definition) is 7. The van der Waals surface area contributed by atoms with Gasteiger partial charge in [0.15, 0.2) is 0 Å². The van der Waals surface area contributed by atoms with E-state index in [1.54, 1.807) is 9.80 Å². The maximum Gasteiger partial charge on any atom is 0.409 e. The van der Waals surface area contributed by atoms with Crippen LogP contribution in [0.1, 0.15) is 43.1 Å². The molecule has 10 nitrogen and oxygen atoms in total. The third-order valence-electron chi connectivity index (χ3n) is 6.72. The summed E-state index contributed by atoms with van der Waals surface area (Å²) < 4.78 is 5.27. The molecule has 1 aliphatic heterocycles. The first-order valence-electron chi connectivity index (χ1n) is 13.7. The molecule has 11 heteroatoms. The number of aliphatic carboxylic acids is 1. The quantitative estimate of drug-likeness (QED) is 0.320. The number of carbonyl (C=O) groups excluding carboxylic acids is 3. The SMILES string of the molecule is CCCCOC(=O)N1CCN(C(=O)C(CCC(=O)O)NC(=O)c2nc(-c3ccccc3)sc2-c2ccccc2)CC1. The monoisotopic (exact) mass is 578 g/mol. The Hall–Kier alpha value is -4.25. The summed E-state index contributed by atoms with van der Waals surface area (Å²) >= 11 is 1.37. The summed E-state index contributed by atoms with van der Waals surface area (Å²) in [4.78, 5) is 59.2. The van der Waals surface area contributed by atoms with E-state index < -0.39 is 29.9 Å². The number of thiazole rings is 1. The average Bonchev–Trinajstić information content (AvgIpc) is 3.46. The Morgan fingerprint density at radius 3 is 2.17 bits per heavy atom. The van der Waals surface area contributed by atoms with Crippen LogP contribution in [0.25, 0.3) is 21.0 Å². The van der Waals surface area contributed by atoms with E-state index in [2.05, 4.69) is 10.3 Å². The van der Waals surface area contributed by atoms with Crippen LogP contribution in [0.5, 0.6) is 0 Å². The van der Waals surface area contributed by atoms with Gasteiger partial charge in [0.05, 0.1) is 11.5 Å². The summed E-state index contributed by atoms with van der Waals surface area (Å²) in [6, 6.07) is 17.8. The summed E-state index contributed by atoms with van der Waals surface area (Å²) in [6.07, 6.45) is 0.925. The van der Waals surface area contributed by atoms with E-state index in [1.807, 2.05) is 67.6 Å². The van der Waals surface area contributed by atoms with Crippen molar-refractivity contribution < 1.29 is 29.0 Å². The van der Waals surface area contributed by atoms with Crippen LogP contribution in [-0.4, -0.2) is 82.6 Å². The summed E-state index contributed by atoms with van der Waals surface area (Å²) in [5, 5.41) is 12.7. The van der Waals surface area contributed by atoms with Gasteiger partial charge in [-0.05, 0) is 18.4 Å². The third kappa shape index (κ3) is 7.91. The first-order valence-corrected chi connectivity index (χ1v) is 14.5. The van der Waals surface area contributed by atoms with E-state index in [4.69, 9.17) is 4.74 Å². The zero-order valence-electron chi connectivity index (χ0n) is 23.0. The number of nitrogens with one attached hydrogen (secondary N) is 1. The lowest BCUT2D eigenvalue weighted by atomic mass is 10.1. The predicted molar refractivity (Wildman–Crippen MR) is 156 cm³/mol. The first kappa shape index (κ1) is 29.7. The molecule has 2 N–H and O–H groups in total. The minimum atomic E-state index is -1.07. The number of carboxylic acids is 1. The Labute approximate surface area is 242 Å². The smallest absolute Gasteiger partial charge is 0.409 e. The number of rotatable bonds is 11. The number of amides is 3. The van der Waals surface area contributed by atoms with Crippen LogP contribution in [0, 0.1) is 0 Å². The molecule has 2 heterocycles. The van der Waals surface area contributed by atoms with Gasteiger partial charge in [-0.1, -0.05) is 74.0 Å². The van der Waals surface area contributed by atoms with Crippen molar-refractivity contribution in [3.05, 3.63) is 66.4 Å². The number of aromatic nitrogens is 1. The Morgan fingerprint density at radius 2 is 1.56 bits per heavy atom. The molecule has 1 atom stereocenters. The first-order chi connectivity index (χ1) is 19.9. The Kier molecular flexibility index (Phi) is 10.4. The fourth-order valence-electron chi connectivity index (χ4n) is 4.44. The molecule has 41 heavy (non-hydrogen) atoms. The van der Waals surface area contributed by atoms with Gasteiger partial charge in [0.1, 0.15) is 16.7 Å². The molecule has 1 aliphatic rings. The van der Waals surface area contributed by atoms with Crippen LogP contribution in [0.4, 0.5) is 4.79 Å². The fourth-order valence-corrected chi connectivity index (χ4v) is 5.51. The van der Waals surface area contributed by atoms with Gasteiger partial charge in [-0.15, -0.1) is 11.3 Å². The minimum absolute atomic E-state index is 0.0739. The topological polar surface area (TPSA) is 129 Å². The Morgan fingerprint density at radius 1 is 0.951 bits per heavy atom. The van der Waals surface area contributed by atoms with E-state index in [-0.39, 0.29) is 31.6 Å². The van der Waals surface area contributed by atoms with Gasteiger partial charge in [-0.25, -0.2) is 9.78 Å². The van der Waals surface area contributed by atoms with Crippen LogP contribution < -0.4 is 5.32 Å². The maximum atomic E-state index is 13.6. The molecule has 1 saturated heterocycles. The summed E-state index contributed by atoms with van der Waals surface area (Å²) in [5.41, 5.74) is 1.85. The molecule has 1 fully saturated rings. The highest BCUT2D eigenvalue weighted by atomic mass is 32.1. The molecular formula is C30H34N4O6S. The summed E-state index contributed by atoms with van der Waals surface area (Å²) in [7, 11) is 0. The Balaban J connectivity index is 1.51. The van der Waals surface area contributed by atoms with Gasteiger partial charge in [-0.2, -0.15) is 0 Å².